The lowest BCUT2D eigenvalue weighted by molar-refractivity contribution is 0.440. The van der Waals surface area contributed by atoms with E-state index in [1.807, 2.05) is 6.20 Å². The predicted octanol–water partition coefficient (Wildman–Crippen LogP) is 2.53. The molecular weight excluding hydrogens is 301 g/mol. The van der Waals surface area contributed by atoms with Crippen molar-refractivity contribution in [1.82, 2.24) is 4.57 Å². The van der Waals surface area contributed by atoms with Gasteiger partial charge in [-0.2, -0.15) is 8.42 Å². The van der Waals surface area contributed by atoms with Gasteiger partial charge in [-0.1, -0.05) is 3.89 Å². The summed E-state index contributed by atoms with van der Waals surface area (Å²) in [5, 5.41) is 0.895. The Bertz CT molecular complexity index is 650. The third-order valence-corrected chi connectivity index (χ3v) is 3.13. The summed E-state index contributed by atoms with van der Waals surface area (Å²) < 4.78 is 39.8. The Balaban J connectivity index is 2.56. The standard InChI is InChI=1S/C9H7BrFNO3S/c1-12-5-8(10)7-3-2-6(4-9(7)12)15-16(11,13)14/h2-5H,1H3. The van der Waals surface area contributed by atoms with E-state index in [1.54, 1.807) is 17.7 Å². The van der Waals surface area contributed by atoms with E-state index in [0.29, 0.717) is 0 Å². The molecule has 0 radical (unpaired) electrons. The molecule has 7 heteroatoms. The molecule has 0 N–H and O–H groups in total. The molecule has 0 saturated heterocycles. The monoisotopic (exact) mass is 307 g/mol. The van der Waals surface area contributed by atoms with Crippen LogP contribution in [0.25, 0.3) is 10.9 Å². The smallest absolute Gasteiger partial charge is 0.358 e. The van der Waals surface area contributed by atoms with Gasteiger partial charge in [0.2, 0.25) is 0 Å². The summed E-state index contributed by atoms with van der Waals surface area (Å²) in [6.07, 6.45) is 1.82. The van der Waals surface area contributed by atoms with Crippen LogP contribution < -0.4 is 4.18 Å². The minimum Gasteiger partial charge on any atom is -0.358 e. The third-order valence-electron chi connectivity index (χ3n) is 2.11. The Labute approximate surface area is 100 Å². The topological polar surface area (TPSA) is 48.3 Å². The number of nitrogens with zero attached hydrogens (tertiary/aromatic N) is 1. The van der Waals surface area contributed by atoms with Gasteiger partial charge in [0.25, 0.3) is 0 Å². The third kappa shape index (κ3) is 2.19. The van der Waals surface area contributed by atoms with Crippen LogP contribution in [-0.2, 0) is 17.6 Å². The highest BCUT2D eigenvalue weighted by Gasteiger charge is 2.11. The molecule has 4 nitrogen and oxygen atoms in total. The summed E-state index contributed by atoms with van der Waals surface area (Å²) in [7, 11) is -3.18. The molecule has 2 aromatic rings. The number of aromatic nitrogens is 1. The molecule has 0 saturated carbocycles. The van der Waals surface area contributed by atoms with Gasteiger partial charge in [-0.3, -0.25) is 0 Å². The van der Waals surface area contributed by atoms with Crippen molar-refractivity contribution in [1.29, 1.82) is 0 Å². The Hall–Kier alpha value is -1.08. The minimum atomic E-state index is -4.97. The number of hydrogen-bond acceptors (Lipinski definition) is 3. The second-order valence-electron chi connectivity index (χ2n) is 3.24. The first-order chi connectivity index (χ1) is 7.37. The van der Waals surface area contributed by atoms with Crippen LogP contribution in [0.4, 0.5) is 3.89 Å². The van der Waals surface area contributed by atoms with Gasteiger partial charge in [0.15, 0.2) is 0 Å². The van der Waals surface area contributed by atoms with E-state index in [-0.39, 0.29) is 5.75 Å². The van der Waals surface area contributed by atoms with E-state index in [4.69, 9.17) is 0 Å². The lowest BCUT2D eigenvalue weighted by Gasteiger charge is -2.01. The maximum Gasteiger partial charge on any atom is 0.488 e. The number of aryl methyl sites for hydroxylation is 1. The summed E-state index contributed by atoms with van der Waals surface area (Å²) in [6.45, 7) is 0. The normalized spacial score (nSPS) is 11.9. The average molecular weight is 308 g/mol. The zero-order valence-electron chi connectivity index (χ0n) is 8.15. The van der Waals surface area contributed by atoms with Crippen molar-refractivity contribution in [3.63, 3.8) is 0 Å². The number of halogens is 2. The molecular formula is C9H7BrFNO3S. The maximum absolute atomic E-state index is 12.3. The number of benzene rings is 1. The molecule has 1 aromatic heterocycles. The summed E-state index contributed by atoms with van der Waals surface area (Å²) in [5.74, 6) is -0.0521. The van der Waals surface area contributed by atoms with E-state index in [2.05, 4.69) is 20.1 Å². The summed E-state index contributed by atoms with van der Waals surface area (Å²) >= 11 is 3.35. The Kier molecular flexibility index (Phi) is 2.67. The quantitative estimate of drug-likeness (QED) is 0.801. The van der Waals surface area contributed by atoms with Gasteiger partial charge in [0, 0.05) is 29.2 Å². The van der Waals surface area contributed by atoms with Crippen LogP contribution in [-0.4, -0.2) is 13.0 Å². The molecule has 86 valence electrons. The van der Waals surface area contributed by atoms with E-state index >= 15 is 0 Å². The summed E-state index contributed by atoms with van der Waals surface area (Å²) in [6, 6.07) is 4.50. The number of rotatable bonds is 2. The van der Waals surface area contributed by atoms with Gasteiger partial charge in [0.1, 0.15) is 5.75 Å². The lowest BCUT2D eigenvalue weighted by Crippen LogP contribution is -2.01. The van der Waals surface area contributed by atoms with Crippen molar-refractivity contribution in [3.05, 3.63) is 28.9 Å². The van der Waals surface area contributed by atoms with Gasteiger partial charge in [0.05, 0.1) is 5.52 Å². The van der Waals surface area contributed by atoms with E-state index in [0.717, 1.165) is 15.4 Å². The minimum absolute atomic E-state index is 0.0521. The molecule has 16 heavy (non-hydrogen) atoms. The SMILES string of the molecule is Cn1cc(Br)c2ccc(OS(=O)(=O)F)cc21. The van der Waals surface area contributed by atoms with Crippen molar-refractivity contribution in [3.8, 4) is 5.75 Å². The van der Waals surface area contributed by atoms with E-state index in [9.17, 15) is 12.3 Å². The second kappa shape index (κ2) is 3.74. The van der Waals surface area contributed by atoms with Crippen molar-refractivity contribution < 1.29 is 16.5 Å². The largest absolute Gasteiger partial charge is 0.488 e. The highest BCUT2D eigenvalue weighted by atomic mass is 79.9. The molecule has 1 aromatic carbocycles. The van der Waals surface area contributed by atoms with Gasteiger partial charge in [-0.15, -0.1) is 0 Å². The first-order valence-electron chi connectivity index (χ1n) is 4.25. The van der Waals surface area contributed by atoms with E-state index < -0.39 is 10.5 Å². The zero-order chi connectivity index (χ0) is 11.9. The Morgan fingerprint density at radius 2 is 2.12 bits per heavy atom. The van der Waals surface area contributed by atoms with Crippen LogP contribution in [0.5, 0.6) is 5.75 Å². The first kappa shape index (κ1) is 11.4. The molecule has 0 bridgehead atoms. The maximum atomic E-state index is 12.3. The molecule has 2 rings (SSSR count). The van der Waals surface area contributed by atoms with Gasteiger partial charge < -0.3 is 8.75 Å². The van der Waals surface area contributed by atoms with Gasteiger partial charge in [-0.25, -0.2) is 0 Å². The summed E-state index contributed by atoms with van der Waals surface area (Å²) in [4.78, 5) is 0. The summed E-state index contributed by atoms with van der Waals surface area (Å²) in [5.41, 5.74) is 0.744. The molecule has 0 spiro atoms. The molecule has 0 aliphatic carbocycles. The zero-order valence-corrected chi connectivity index (χ0v) is 10.5. The van der Waals surface area contributed by atoms with Crippen LogP contribution >= 0.6 is 15.9 Å². The van der Waals surface area contributed by atoms with Crippen LogP contribution in [0, 0.1) is 0 Å². The fourth-order valence-electron chi connectivity index (χ4n) is 1.48. The fraction of sp³-hybridized carbons (Fsp3) is 0.111. The van der Waals surface area contributed by atoms with Crippen LogP contribution in [0.2, 0.25) is 0 Å². The molecule has 0 aliphatic heterocycles. The first-order valence-corrected chi connectivity index (χ1v) is 6.35. The number of fused-ring (bicyclic) bond motifs is 1. The Morgan fingerprint density at radius 1 is 1.44 bits per heavy atom. The van der Waals surface area contributed by atoms with Crippen molar-refractivity contribution in [2.45, 2.75) is 0 Å². The van der Waals surface area contributed by atoms with Crippen LogP contribution in [0.1, 0.15) is 0 Å². The van der Waals surface area contributed by atoms with Crippen molar-refractivity contribution in [2.24, 2.45) is 7.05 Å². The van der Waals surface area contributed by atoms with Crippen molar-refractivity contribution in [2.75, 3.05) is 0 Å². The van der Waals surface area contributed by atoms with Crippen LogP contribution in [0.3, 0.4) is 0 Å². The average Bonchev–Trinajstić information content (AvgIpc) is 2.40. The van der Waals surface area contributed by atoms with Crippen molar-refractivity contribution >= 4 is 37.3 Å². The highest BCUT2D eigenvalue weighted by molar-refractivity contribution is 9.10. The molecule has 0 atom stereocenters. The molecule has 1 heterocycles. The van der Waals surface area contributed by atoms with Gasteiger partial charge >= 0.3 is 10.5 Å². The molecule has 0 unspecified atom stereocenters. The Morgan fingerprint density at radius 3 is 2.75 bits per heavy atom. The molecule has 0 aliphatic rings. The molecule has 0 amide bonds. The lowest BCUT2D eigenvalue weighted by atomic mass is 10.2. The second-order valence-corrected chi connectivity index (χ2v) is 5.05. The number of hydrogen-bond donors (Lipinski definition) is 0. The van der Waals surface area contributed by atoms with Gasteiger partial charge in [-0.05, 0) is 28.1 Å². The predicted molar refractivity (Wildman–Crippen MR) is 61.3 cm³/mol. The highest BCUT2D eigenvalue weighted by Crippen LogP contribution is 2.29. The fourth-order valence-corrected chi connectivity index (χ4v) is 2.46. The van der Waals surface area contributed by atoms with E-state index in [1.165, 1.54) is 12.1 Å². The molecule has 0 fully saturated rings. The van der Waals surface area contributed by atoms with Crippen LogP contribution in [0.15, 0.2) is 28.9 Å².